The number of ether oxygens (including phenoxy) is 3. The summed E-state index contributed by atoms with van der Waals surface area (Å²) in [6.45, 7) is 15.7. The highest BCUT2D eigenvalue weighted by Crippen LogP contribution is 2.72. The van der Waals surface area contributed by atoms with Crippen LogP contribution in [0.3, 0.4) is 0 Å². The first-order valence-electron chi connectivity index (χ1n) is 12.8. The predicted molar refractivity (Wildman–Crippen MR) is 130 cm³/mol. The van der Waals surface area contributed by atoms with Crippen molar-refractivity contribution in [2.75, 3.05) is 7.11 Å². The van der Waals surface area contributed by atoms with E-state index in [1.807, 2.05) is 20.8 Å². The normalized spacial score (nSPS) is 46.7. The highest BCUT2D eigenvalue weighted by Gasteiger charge is 2.77. The molecule has 9 nitrogen and oxygen atoms in total. The Kier molecular flexibility index (Phi) is 5.93. The zero-order valence-corrected chi connectivity index (χ0v) is 22.9. The number of hydrogen-bond donors (Lipinski definition) is 1. The molecule has 0 aromatic heterocycles. The largest absolute Gasteiger partial charge is 0.466 e. The molecule has 0 aromatic rings. The van der Waals surface area contributed by atoms with E-state index in [9.17, 15) is 29.1 Å². The Morgan fingerprint density at radius 2 is 1.59 bits per heavy atom. The summed E-state index contributed by atoms with van der Waals surface area (Å²) >= 11 is 0. The quantitative estimate of drug-likeness (QED) is 0.253. The number of methoxy groups -OCH3 is 1. The summed E-state index contributed by atoms with van der Waals surface area (Å²) < 4.78 is 16.3. The van der Waals surface area contributed by atoms with Gasteiger partial charge in [-0.15, -0.1) is 0 Å². The monoisotopic (exact) mass is 518 g/mol. The number of carbonyl (C=O) groups excluding carboxylic acids is 5. The molecule has 4 rings (SSSR count). The number of carbonyl (C=O) groups is 5. The number of cyclic esters (lactones) is 1. The third-order valence-electron chi connectivity index (χ3n) is 10.8. The number of hydrogen-bond acceptors (Lipinski definition) is 9. The molecule has 3 aliphatic carbocycles. The Bertz CT molecular complexity index is 1120. The van der Waals surface area contributed by atoms with Gasteiger partial charge in [-0.2, -0.15) is 0 Å². The lowest BCUT2D eigenvalue weighted by Gasteiger charge is -2.70. The Morgan fingerprint density at radius 3 is 2.14 bits per heavy atom. The van der Waals surface area contributed by atoms with E-state index in [2.05, 4.69) is 6.58 Å². The molecule has 3 saturated carbocycles. The van der Waals surface area contributed by atoms with Gasteiger partial charge in [0.25, 0.3) is 5.60 Å². The second-order valence-electron chi connectivity index (χ2n) is 12.8. The fourth-order valence-corrected chi connectivity index (χ4v) is 8.65. The van der Waals surface area contributed by atoms with Crippen LogP contribution < -0.4 is 0 Å². The van der Waals surface area contributed by atoms with Gasteiger partial charge in [0.05, 0.1) is 24.5 Å². The number of esters is 3. The van der Waals surface area contributed by atoms with Crippen molar-refractivity contribution >= 4 is 29.5 Å². The molecule has 204 valence electrons. The van der Waals surface area contributed by atoms with E-state index < -0.39 is 75.0 Å². The van der Waals surface area contributed by atoms with Gasteiger partial charge in [0.2, 0.25) is 0 Å². The molecule has 0 bridgehead atoms. The summed E-state index contributed by atoms with van der Waals surface area (Å²) in [5, 5.41) is 11.4. The van der Waals surface area contributed by atoms with Crippen LogP contribution in [0, 0.1) is 39.4 Å². The first kappa shape index (κ1) is 27.5. The molecular formula is C28H38O9. The van der Waals surface area contributed by atoms with Gasteiger partial charge in [0.1, 0.15) is 11.9 Å². The van der Waals surface area contributed by atoms with Gasteiger partial charge in [-0.3, -0.25) is 19.2 Å². The first-order chi connectivity index (χ1) is 16.8. The third kappa shape index (κ3) is 3.15. The third-order valence-corrected chi connectivity index (χ3v) is 10.8. The van der Waals surface area contributed by atoms with E-state index in [0.29, 0.717) is 5.57 Å². The maximum absolute atomic E-state index is 14.0. The number of rotatable bonds is 2. The molecule has 1 aliphatic heterocycles. The summed E-state index contributed by atoms with van der Waals surface area (Å²) in [5.41, 5.74) is -6.09. The number of fused-ring (bicyclic) bond motifs is 5. The van der Waals surface area contributed by atoms with Gasteiger partial charge in [-0.25, -0.2) is 4.79 Å². The van der Waals surface area contributed by atoms with Crippen molar-refractivity contribution in [3.05, 3.63) is 12.2 Å². The van der Waals surface area contributed by atoms with Crippen molar-refractivity contribution in [3.8, 4) is 0 Å². The molecule has 0 radical (unpaired) electrons. The number of Topliss-reactive ketones (excluding diaryl/α,β-unsaturated/α-hetero) is 2. The molecule has 37 heavy (non-hydrogen) atoms. The minimum atomic E-state index is -2.15. The molecule has 0 spiro atoms. The topological polar surface area (TPSA) is 133 Å². The molecule has 0 aromatic carbocycles. The number of allylic oxidation sites excluding steroid dienone is 1. The SMILES string of the molecule is C=C1C[C@H]2[C@@](C)([C@@H](OC(C)=O)C[C@H]3C(C)(C)C(=O)C[C@H](O)[C@]23C)[C@@H]2C(=O)O[C@@](C)(C(=O)OC)C(=O)[C@]12C. The average Bonchev–Trinajstić information content (AvgIpc) is 2.79. The van der Waals surface area contributed by atoms with E-state index in [1.165, 1.54) is 13.8 Å². The molecule has 9 atom stereocenters. The summed E-state index contributed by atoms with van der Waals surface area (Å²) in [4.78, 5) is 66.0. The van der Waals surface area contributed by atoms with Crippen molar-refractivity contribution in [2.45, 2.75) is 85.5 Å². The molecule has 0 amide bonds. The fourth-order valence-electron chi connectivity index (χ4n) is 8.65. The molecule has 0 unspecified atom stereocenters. The van der Waals surface area contributed by atoms with Gasteiger partial charge in [-0.05, 0) is 38.5 Å². The predicted octanol–water partition coefficient (Wildman–Crippen LogP) is 2.57. The van der Waals surface area contributed by atoms with Crippen LogP contribution in [0.5, 0.6) is 0 Å². The number of ketones is 2. The second-order valence-corrected chi connectivity index (χ2v) is 12.8. The average molecular weight is 519 g/mol. The van der Waals surface area contributed by atoms with Crippen LogP contribution in [0.15, 0.2) is 12.2 Å². The summed E-state index contributed by atoms with van der Waals surface area (Å²) in [6.07, 6.45) is -1.46. The molecule has 4 fully saturated rings. The van der Waals surface area contributed by atoms with Gasteiger partial charge >= 0.3 is 17.9 Å². The Labute approximate surface area is 217 Å². The zero-order chi connectivity index (χ0) is 28.1. The molecule has 1 heterocycles. The standard InChI is InChI=1S/C28H38O9/c1-13-10-16-26(6)15(24(3,4)17(30)12-18(26)31)11-19(36-14(2)29)27(16,7)20-21(32)37-28(8,23(34)35-9)22(33)25(13,20)5/h15-16,18-20,31H,1,10-12H2,2-9H3/t15-,16+,18-,19-,20+,25+,26-,27-,28+/m0/s1. The van der Waals surface area contributed by atoms with Crippen LogP contribution in [0.4, 0.5) is 0 Å². The summed E-state index contributed by atoms with van der Waals surface area (Å²) in [6, 6.07) is 0. The van der Waals surface area contributed by atoms with E-state index in [-0.39, 0.29) is 31.0 Å². The van der Waals surface area contributed by atoms with Crippen molar-refractivity contribution in [1.29, 1.82) is 0 Å². The highest BCUT2D eigenvalue weighted by molar-refractivity contribution is 6.15. The highest BCUT2D eigenvalue weighted by atomic mass is 16.6. The molecule has 9 heteroatoms. The van der Waals surface area contributed by atoms with Gasteiger partial charge in [-0.1, -0.05) is 39.8 Å². The van der Waals surface area contributed by atoms with E-state index in [0.717, 1.165) is 7.11 Å². The minimum absolute atomic E-state index is 0.0387. The Hall–Kier alpha value is -2.55. The zero-order valence-electron chi connectivity index (χ0n) is 22.9. The summed E-state index contributed by atoms with van der Waals surface area (Å²) in [7, 11) is 1.11. The second kappa shape index (κ2) is 7.98. The minimum Gasteiger partial charge on any atom is -0.466 e. The van der Waals surface area contributed by atoms with Crippen LogP contribution in [0.1, 0.15) is 67.7 Å². The van der Waals surface area contributed by atoms with Crippen LogP contribution in [0.25, 0.3) is 0 Å². The number of aliphatic hydroxyl groups is 1. The van der Waals surface area contributed by atoms with Crippen LogP contribution in [-0.4, -0.2) is 59.5 Å². The maximum atomic E-state index is 14.0. The van der Waals surface area contributed by atoms with Gasteiger partial charge < -0.3 is 19.3 Å². The van der Waals surface area contributed by atoms with Gasteiger partial charge in [0, 0.05) is 29.6 Å². The van der Waals surface area contributed by atoms with Crippen LogP contribution >= 0.6 is 0 Å². The van der Waals surface area contributed by atoms with Crippen molar-refractivity contribution in [2.24, 2.45) is 39.4 Å². The van der Waals surface area contributed by atoms with Crippen molar-refractivity contribution in [1.82, 2.24) is 0 Å². The Morgan fingerprint density at radius 1 is 1.00 bits per heavy atom. The van der Waals surface area contributed by atoms with Crippen LogP contribution in [-0.2, 0) is 38.2 Å². The maximum Gasteiger partial charge on any atom is 0.358 e. The number of aliphatic hydroxyl groups excluding tert-OH is 1. The lowest BCUT2D eigenvalue weighted by Crippen LogP contribution is -2.75. The van der Waals surface area contributed by atoms with E-state index in [1.54, 1.807) is 13.8 Å². The molecular weight excluding hydrogens is 480 g/mol. The summed E-state index contributed by atoms with van der Waals surface area (Å²) in [5.74, 6) is -5.06. The molecule has 1 N–H and O–H groups in total. The van der Waals surface area contributed by atoms with E-state index in [4.69, 9.17) is 14.2 Å². The fraction of sp³-hybridized carbons (Fsp3) is 0.750. The first-order valence-corrected chi connectivity index (χ1v) is 12.8. The molecule has 4 aliphatic rings. The van der Waals surface area contributed by atoms with Gasteiger partial charge in [0.15, 0.2) is 5.78 Å². The molecule has 1 saturated heterocycles. The van der Waals surface area contributed by atoms with E-state index >= 15 is 0 Å². The van der Waals surface area contributed by atoms with Crippen molar-refractivity contribution < 1.29 is 43.3 Å². The van der Waals surface area contributed by atoms with Crippen LogP contribution in [0.2, 0.25) is 0 Å². The smallest absolute Gasteiger partial charge is 0.358 e. The lowest BCUT2D eigenvalue weighted by atomic mass is 9.34. The Balaban J connectivity index is 1.97. The lowest BCUT2D eigenvalue weighted by molar-refractivity contribution is -0.263. The van der Waals surface area contributed by atoms with Crippen molar-refractivity contribution in [3.63, 3.8) is 0 Å².